The minimum Gasteiger partial charge on any atom is -0.343 e. The number of ketones is 2. The third-order valence-corrected chi connectivity index (χ3v) is 2.37. The van der Waals surface area contributed by atoms with Crippen molar-refractivity contribution < 1.29 is 19.2 Å². The largest absolute Gasteiger partial charge is 0.343 e. The summed E-state index contributed by atoms with van der Waals surface area (Å²) in [6.07, 6.45) is 2.75. The second kappa shape index (κ2) is 4.79. The Morgan fingerprint density at radius 1 is 1.44 bits per heavy atom. The number of fused-ring (bicyclic) bond motifs is 1. The Hall–Kier alpha value is -2.50. The zero-order valence-corrected chi connectivity index (χ0v) is 9.60. The molecule has 0 saturated heterocycles. The van der Waals surface area contributed by atoms with E-state index in [2.05, 4.69) is 10.5 Å². The zero-order chi connectivity index (χ0) is 13.1. The summed E-state index contributed by atoms with van der Waals surface area (Å²) in [5.41, 5.74) is 3.05. The quantitative estimate of drug-likeness (QED) is 0.622. The van der Waals surface area contributed by atoms with Gasteiger partial charge in [0.1, 0.15) is 11.4 Å². The summed E-state index contributed by atoms with van der Waals surface area (Å²) in [6, 6.07) is 3.06. The predicted octanol–water partition coefficient (Wildman–Crippen LogP) is 0.646. The van der Waals surface area contributed by atoms with Crippen molar-refractivity contribution in [3.8, 4) is 0 Å². The number of allylic oxidation sites excluding steroid dienone is 1. The first kappa shape index (κ1) is 12.0. The fraction of sp³-hybridized carbons (Fsp3) is 0.167. The molecule has 1 aromatic rings. The Kier molecular flexibility index (Phi) is 3.18. The lowest BCUT2D eigenvalue weighted by Gasteiger charge is -2.15. The fourth-order valence-corrected chi connectivity index (χ4v) is 1.46. The second-order valence-electron chi connectivity index (χ2n) is 3.58. The molecule has 0 amide bonds. The van der Waals surface area contributed by atoms with Crippen LogP contribution in [-0.2, 0) is 14.4 Å². The number of carbonyl (C=O) groups excluding carboxylic acids is 3. The van der Waals surface area contributed by atoms with Gasteiger partial charge in [-0.05, 0) is 12.1 Å². The van der Waals surface area contributed by atoms with Gasteiger partial charge in [-0.1, -0.05) is 6.92 Å². The van der Waals surface area contributed by atoms with E-state index >= 15 is 0 Å². The summed E-state index contributed by atoms with van der Waals surface area (Å²) in [5.74, 6) is -1.77. The van der Waals surface area contributed by atoms with Crippen LogP contribution in [0.2, 0.25) is 0 Å². The number of hydrogen-bond donors (Lipinski definition) is 1. The Morgan fingerprint density at radius 2 is 2.22 bits per heavy atom. The van der Waals surface area contributed by atoms with E-state index < -0.39 is 17.5 Å². The molecule has 1 aliphatic carbocycles. The average Bonchev–Trinajstić information content (AvgIpc) is 2.41. The van der Waals surface area contributed by atoms with Crippen molar-refractivity contribution in [2.45, 2.75) is 13.3 Å². The van der Waals surface area contributed by atoms with E-state index in [0.29, 0.717) is 5.69 Å². The van der Waals surface area contributed by atoms with Gasteiger partial charge in [0.2, 0.25) is 11.6 Å². The van der Waals surface area contributed by atoms with Crippen molar-refractivity contribution in [1.29, 1.82) is 0 Å². The molecule has 0 bridgehead atoms. The van der Waals surface area contributed by atoms with E-state index in [1.807, 2.05) is 0 Å². The summed E-state index contributed by atoms with van der Waals surface area (Å²) in [6.45, 7) is 1.64. The van der Waals surface area contributed by atoms with E-state index in [-0.39, 0.29) is 17.7 Å². The third kappa shape index (κ3) is 2.13. The monoisotopic (exact) mass is 246 g/mol. The summed E-state index contributed by atoms with van der Waals surface area (Å²) in [7, 11) is 0. The minimum absolute atomic E-state index is 0.194. The summed E-state index contributed by atoms with van der Waals surface area (Å²) in [5, 5.41) is 0. The first-order chi connectivity index (χ1) is 8.63. The number of aromatic nitrogens is 1. The van der Waals surface area contributed by atoms with Crippen LogP contribution in [0.4, 0.5) is 0 Å². The molecule has 0 atom stereocenters. The number of rotatable bonds is 3. The molecule has 0 radical (unpaired) electrons. The topological polar surface area (TPSA) is 85.4 Å². The highest BCUT2D eigenvalue weighted by Crippen LogP contribution is 2.20. The van der Waals surface area contributed by atoms with Crippen LogP contribution < -0.4 is 5.48 Å². The van der Waals surface area contributed by atoms with Crippen LogP contribution in [0.3, 0.4) is 0 Å². The van der Waals surface area contributed by atoms with E-state index in [4.69, 9.17) is 4.84 Å². The van der Waals surface area contributed by atoms with Crippen LogP contribution in [0.25, 0.3) is 5.70 Å². The highest BCUT2D eigenvalue weighted by molar-refractivity contribution is 6.50. The standard InChI is InChI=1S/C12H10N2O4/c1-2-10(16)18-14-8-6-9(15)12(17)7-4-3-5-13-11(7)8/h3-6,14H,2H2,1H3. The molecule has 92 valence electrons. The van der Waals surface area contributed by atoms with Crippen LogP contribution in [0.5, 0.6) is 0 Å². The number of nitrogens with one attached hydrogen (secondary N) is 1. The van der Waals surface area contributed by atoms with Crippen LogP contribution >= 0.6 is 0 Å². The van der Waals surface area contributed by atoms with Gasteiger partial charge in [-0.25, -0.2) is 10.3 Å². The number of carbonyl (C=O) groups is 3. The molecule has 1 heterocycles. The average molecular weight is 246 g/mol. The van der Waals surface area contributed by atoms with E-state index in [1.165, 1.54) is 12.3 Å². The molecule has 18 heavy (non-hydrogen) atoms. The highest BCUT2D eigenvalue weighted by atomic mass is 16.7. The zero-order valence-electron chi connectivity index (χ0n) is 9.60. The van der Waals surface area contributed by atoms with Crippen molar-refractivity contribution in [3.05, 3.63) is 35.7 Å². The van der Waals surface area contributed by atoms with Crippen molar-refractivity contribution >= 4 is 23.2 Å². The lowest BCUT2D eigenvalue weighted by atomic mass is 9.98. The van der Waals surface area contributed by atoms with Crippen LogP contribution in [0.1, 0.15) is 29.4 Å². The van der Waals surface area contributed by atoms with Gasteiger partial charge < -0.3 is 4.84 Å². The predicted molar refractivity (Wildman–Crippen MR) is 61.1 cm³/mol. The molecule has 1 N–H and O–H groups in total. The summed E-state index contributed by atoms with van der Waals surface area (Å²) in [4.78, 5) is 42.8. The van der Waals surface area contributed by atoms with Gasteiger partial charge in [0.25, 0.3) is 0 Å². The van der Waals surface area contributed by atoms with Gasteiger partial charge in [0, 0.05) is 18.7 Å². The van der Waals surface area contributed by atoms with Gasteiger partial charge in [0.05, 0.1) is 5.56 Å². The molecule has 0 saturated carbocycles. The molecule has 1 aliphatic rings. The number of hydroxylamine groups is 1. The molecular weight excluding hydrogens is 236 g/mol. The highest BCUT2D eigenvalue weighted by Gasteiger charge is 2.27. The molecule has 0 aromatic carbocycles. The fourth-order valence-electron chi connectivity index (χ4n) is 1.46. The third-order valence-electron chi connectivity index (χ3n) is 2.37. The van der Waals surface area contributed by atoms with Gasteiger partial charge in [-0.2, -0.15) is 0 Å². The van der Waals surface area contributed by atoms with Crippen molar-refractivity contribution in [3.63, 3.8) is 0 Å². The maximum atomic E-state index is 11.6. The van der Waals surface area contributed by atoms with Gasteiger partial charge >= 0.3 is 5.97 Å². The van der Waals surface area contributed by atoms with E-state index in [0.717, 1.165) is 6.08 Å². The Morgan fingerprint density at radius 3 is 2.94 bits per heavy atom. The molecular formula is C12H10N2O4. The van der Waals surface area contributed by atoms with E-state index in [1.54, 1.807) is 13.0 Å². The SMILES string of the molecule is CCC(=O)ONC1=CC(=O)C(=O)c2cccnc21. The maximum absolute atomic E-state index is 11.6. The molecule has 0 unspecified atom stereocenters. The Balaban J connectivity index is 2.30. The molecule has 0 spiro atoms. The van der Waals surface area contributed by atoms with Crippen LogP contribution in [-0.4, -0.2) is 22.5 Å². The second-order valence-corrected chi connectivity index (χ2v) is 3.58. The van der Waals surface area contributed by atoms with Crippen LogP contribution in [0, 0.1) is 0 Å². The summed E-state index contributed by atoms with van der Waals surface area (Å²) < 4.78 is 0. The van der Waals surface area contributed by atoms with Crippen LogP contribution in [0.15, 0.2) is 24.4 Å². The number of Topliss-reactive ketones (excluding diaryl/α,β-unsaturated/α-hetero) is 1. The molecule has 6 heteroatoms. The normalized spacial score (nSPS) is 13.7. The smallest absolute Gasteiger partial charge is 0.331 e. The lowest BCUT2D eigenvalue weighted by Crippen LogP contribution is -2.26. The van der Waals surface area contributed by atoms with Gasteiger partial charge in [-0.3, -0.25) is 14.6 Å². The maximum Gasteiger partial charge on any atom is 0.331 e. The summed E-state index contributed by atoms with van der Waals surface area (Å²) >= 11 is 0. The Labute approximate surface area is 103 Å². The molecule has 2 rings (SSSR count). The molecule has 0 aliphatic heterocycles. The Bertz CT molecular complexity index is 563. The van der Waals surface area contributed by atoms with Gasteiger partial charge in [-0.15, -0.1) is 0 Å². The molecule has 1 aromatic heterocycles. The van der Waals surface area contributed by atoms with Crippen molar-refractivity contribution in [2.24, 2.45) is 0 Å². The van der Waals surface area contributed by atoms with Crippen molar-refractivity contribution in [2.75, 3.05) is 0 Å². The molecule has 6 nitrogen and oxygen atoms in total. The minimum atomic E-state index is -0.675. The van der Waals surface area contributed by atoms with Crippen molar-refractivity contribution in [1.82, 2.24) is 10.5 Å². The van der Waals surface area contributed by atoms with Gasteiger partial charge in [0.15, 0.2) is 0 Å². The molecule has 0 fully saturated rings. The number of hydrogen-bond acceptors (Lipinski definition) is 6. The van der Waals surface area contributed by atoms with E-state index in [9.17, 15) is 14.4 Å². The first-order valence-corrected chi connectivity index (χ1v) is 5.35. The number of nitrogens with zero attached hydrogens (tertiary/aromatic N) is 1. The number of pyridine rings is 1. The first-order valence-electron chi connectivity index (χ1n) is 5.35. The lowest BCUT2D eigenvalue weighted by molar-refractivity contribution is -0.147.